The van der Waals surface area contributed by atoms with Gasteiger partial charge in [-0.15, -0.1) is 0 Å². The molecule has 0 radical (unpaired) electrons. The molecule has 0 fully saturated rings. The molecule has 0 aliphatic carbocycles. The van der Waals surface area contributed by atoms with Crippen LogP contribution in [0.3, 0.4) is 0 Å². The van der Waals surface area contributed by atoms with E-state index in [0.717, 1.165) is 12.4 Å². The van der Waals surface area contributed by atoms with Crippen LogP contribution in [0.25, 0.3) is 0 Å². The number of hydrogen-bond acceptors (Lipinski definition) is 9. The smallest absolute Gasteiger partial charge is 0.346 e. The normalized spacial score (nSPS) is 11.3. The quantitative estimate of drug-likeness (QED) is 0.286. The molecule has 0 unspecified atom stereocenters. The molecule has 2 heterocycles. The van der Waals surface area contributed by atoms with Gasteiger partial charge in [0, 0.05) is 28.2 Å². The van der Waals surface area contributed by atoms with Crippen LogP contribution in [-0.4, -0.2) is 79.0 Å². The van der Waals surface area contributed by atoms with Gasteiger partial charge in [0.2, 0.25) is 0 Å². The van der Waals surface area contributed by atoms with Crippen molar-refractivity contribution >= 4 is 34.4 Å². The maximum Gasteiger partial charge on any atom is 0.346 e. The van der Waals surface area contributed by atoms with E-state index in [-0.39, 0.29) is 16.5 Å². The Bertz CT molecular complexity index is 1350. The molecule has 0 spiro atoms. The van der Waals surface area contributed by atoms with E-state index in [4.69, 9.17) is 4.18 Å². The summed E-state index contributed by atoms with van der Waals surface area (Å²) in [7, 11) is 2.78. The van der Waals surface area contributed by atoms with Gasteiger partial charge in [0.15, 0.2) is 23.3 Å². The second-order valence-corrected chi connectivity index (χ2v) is 8.52. The predicted molar refractivity (Wildman–Crippen MR) is 125 cm³/mol. The standard InChI is InChI=1S/C13H13FN4O3S.C7H9FN4O/c1-18(2)9-16-12-11(14)8-15-13(17-12)21-22(19,20)10-6-4-3-5-7-10;1-12(2)4-10-6-5(8)3-9-7(13)11-6/h3-9H,1-2H3;3-4H,1-2H3,(H,9,11,13). The number of nitrogens with zero attached hydrogens (tertiary/aromatic N) is 7. The van der Waals surface area contributed by atoms with Crippen LogP contribution in [0.1, 0.15) is 0 Å². The zero-order valence-corrected chi connectivity index (χ0v) is 19.9. The molecule has 15 heteroatoms. The Hall–Kier alpha value is -4.27. The zero-order chi connectivity index (χ0) is 26.0. The fourth-order valence-corrected chi connectivity index (χ4v) is 2.88. The number of hydrogen-bond donors (Lipinski definition) is 1. The monoisotopic (exact) mass is 508 g/mol. The number of aromatic amines is 1. The highest BCUT2D eigenvalue weighted by Crippen LogP contribution is 2.19. The van der Waals surface area contributed by atoms with Crippen LogP contribution in [0.5, 0.6) is 6.01 Å². The third-order valence-electron chi connectivity index (χ3n) is 3.50. The molecular formula is C20H22F2N8O4S. The zero-order valence-electron chi connectivity index (χ0n) is 19.1. The van der Waals surface area contributed by atoms with E-state index in [0.29, 0.717) is 0 Å². The molecule has 12 nitrogen and oxygen atoms in total. The molecule has 186 valence electrons. The van der Waals surface area contributed by atoms with E-state index in [9.17, 15) is 22.0 Å². The van der Waals surface area contributed by atoms with Gasteiger partial charge >= 0.3 is 21.8 Å². The third kappa shape index (κ3) is 8.88. The second kappa shape index (κ2) is 12.3. The van der Waals surface area contributed by atoms with Crippen molar-refractivity contribution in [3.63, 3.8) is 0 Å². The van der Waals surface area contributed by atoms with Crippen LogP contribution >= 0.6 is 0 Å². The molecule has 2 aromatic heterocycles. The Labute approximate surface area is 199 Å². The molecule has 3 rings (SSSR count). The number of nitrogens with one attached hydrogen (secondary N) is 1. The highest BCUT2D eigenvalue weighted by atomic mass is 32.2. The summed E-state index contributed by atoms with van der Waals surface area (Å²) in [6.45, 7) is 0. The molecule has 0 aliphatic heterocycles. The minimum absolute atomic E-state index is 0.0544. The van der Waals surface area contributed by atoms with Crippen molar-refractivity contribution < 1.29 is 21.4 Å². The van der Waals surface area contributed by atoms with Crippen molar-refractivity contribution in [1.29, 1.82) is 0 Å². The molecule has 1 N–H and O–H groups in total. The van der Waals surface area contributed by atoms with Gasteiger partial charge in [-0.05, 0) is 12.1 Å². The summed E-state index contributed by atoms with van der Waals surface area (Å²) < 4.78 is 55.2. The fourth-order valence-electron chi connectivity index (χ4n) is 2.01. The highest BCUT2D eigenvalue weighted by molar-refractivity contribution is 7.87. The summed E-state index contributed by atoms with van der Waals surface area (Å²) in [5.41, 5.74) is -0.618. The van der Waals surface area contributed by atoms with Gasteiger partial charge in [-0.25, -0.2) is 23.6 Å². The van der Waals surface area contributed by atoms with Crippen LogP contribution in [0, 0.1) is 11.6 Å². The van der Waals surface area contributed by atoms with E-state index in [2.05, 4.69) is 29.9 Å². The van der Waals surface area contributed by atoms with Crippen molar-refractivity contribution in [2.45, 2.75) is 4.90 Å². The molecule has 0 bridgehead atoms. The lowest BCUT2D eigenvalue weighted by Gasteiger charge is -2.06. The van der Waals surface area contributed by atoms with Gasteiger partial charge in [0.25, 0.3) is 0 Å². The van der Waals surface area contributed by atoms with Crippen molar-refractivity contribution in [2.75, 3.05) is 28.2 Å². The van der Waals surface area contributed by atoms with Gasteiger partial charge in [0.1, 0.15) is 4.90 Å². The van der Waals surface area contributed by atoms with Crippen LogP contribution in [0.2, 0.25) is 0 Å². The number of aliphatic imine (C=N–C) groups is 2. The molecule has 0 aliphatic rings. The van der Waals surface area contributed by atoms with E-state index >= 15 is 0 Å². The molecule has 35 heavy (non-hydrogen) atoms. The number of H-pyrrole nitrogens is 1. The molecule has 0 saturated heterocycles. The summed E-state index contributed by atoms with van der Waals surface area (Å²) in [4.78, 5) is 33.8. The Morgan fingerprint density at radius 3 is 2.17 bits per heavy atom. The highest BCUT2D eigenvalue weighted by Gasteiger charge is 2.19. The molecule has 0 saturated carbocycles. The van der Waals surface area contributed by atoms with Gasteiger partial charge in [-0.1, -0.05) is 18.2 Å². The van der Waals surface area contributed by atoms with E-state index in [1.807, 2.05) is 0 Å². The summed E-state index contributed by atoms with van der Waals surface area (Å²) in [6.07, 6.45) is 4.33. The maximum atomic E-state index is 13.5. The first-order valence-electron chi connectivity index (χ1n) is 9.66. The van der Waals surface area contributed by atoms with Gasteiger partial charge < -0.3 is 14.0 Å². The van der Waals surface area contributed by atoms with E-state index in [1.165, 1.54) is 24.8 Å². The number of rotatable bonds is 7. The lowest BCUT2D eigenvalue weighted by Crippen LogP contribution is -2.12. The van der Waals surface area contributed by atoms with Gasteiger partial charge in [-0.3, -0.25) is 4.98 Å². The minimum atomic E-state index is -4.08. The maximum absolute atomic E-state index is 13.5. The van der Waals surface area contributed by atoms with E-state index < -0.39 is 33.5 Å². The average molecular weight is 509 g/mol. The second-order valence-electron chi connectivity index (χ2n) is 6.98. The van der Waals surface area contributed by atoms with Crippen LogP contribution in [0.4, 0.5) is 20.4 Å². The SMILES string of the molecule is CN(C)C=Nc1[nH]c(=O)ncc1F.CN(C)C=Nc1nc(OS(=O)(=O)c2ccccc2)ncc1F. The van der Waals surface area contributed by atoms with Crippen LogP contribution < -0.4 is 9.87 Å². The summed E-state index contributed by atoms with van der Waals surface area (Å²) in [5, 5.41) is 0. The summed E-state index contributed by atoms with van der Waals surface area (Å²) >= 11 is 0. The lowest BCUT2D eigenvalue weighted by molar-refractivity contribution is 0.460. The van der Waals surface area contributed by atoms with Crippen molar-refractivity contribution in [3.05, 3.63) is 64.8 Å². The lowest BCUT2D eigenvalue weighted by atomic mass is 10.4. The fraction of sp³-hybridized carbons (Fsp3) is 0.200. The largest absolute Gasteiger partial charge is 0.369 e. The van der Waals surface area contributed by atoms with Gasteiger partial charge in [0.05, 0.1) is 25.1 Å². The topological polar surface area (TPSA) is 146 Å². The first-order valence-corrected chi connectivity index (χ1v) is 11.1. The summed E-state index contributed by atoms with van der Waals surface area (Å²) in [6, 6.07) is 6.99. The molecule has 3 aromatic rings. The first kappa shape index (κ1) is 27.0. The average Bonchev–Trinajstić information content (AvgIpc) is 2.80. The number of halogens is 2. The minimum Gasteiger partial charge on any atom is -0.369 e. The van der Waals surface area contributed by atoms with Crippen molar-refractivity contribution in [2.24, 2.45) is 9.98 Å². The molecule has 0 atom stereocenters. The molecule has 1 aromatic carbocycles. The van der Waals surface area contributed by atoms with Crippen molar-refractivity contribution in [3.8, 4) is 6.01 Å². The van der Waals surface area contributed by atoms with Crippen LogP contribution in [-0.2, 0) is 10.1 Å². The molecule has 0 amide bonds. The Morgan fingerprint density at radius 2 is 1.54 bits per heavy atom. The summed E-state index contributed by atoms with van der Waals surface area (Å²) in [5.74, 6) is -1.88. The predicted octanol–water partition coefficient (Wildman–Crippen LogP) is 1.74. The van der Waals surface area contributed by atoms with Gasteiger partial charge in [-0.2, -0.15) is 23.4 Å². The van der Waals surface area contributed by atoms with E-state index in [1.54, 1.807) is 56.2 Å². The molecular weight excluding hydrogens is 486 g/mol. The Balaban J connectivity index is 0.000000283. The number of aromatic nitrogens is 4. The first-order chi connectivity index (χ1) is 16.5. The number of benzene rings is 1. The Morgan fingerprint density at radius 1 is 0.943 bits per heavy atom. The Kier molecular flexibility index (Phi) is 9.45. The van der Waals surface area contributed by atoms with Crippen LogP contribution in [0.15, 0.2) is 62.4 Å². The third-order valence-corrected chi connectivity index (χ3v) is 4.71. The van der Waals surface area contributed by atoms with Crippen molar-refractivity contribution in [1.82, 2.24) is 29.7 Å².